The molecule has 0 aliphatic heterocycles. The number of hydrogen-bond donors (Lipinski definition) is 3. The number of hydrogen-bond acceptors (Lipinski definition) is 3. The molecule has 1 aromatic carbocycles. The first-order chi connectivity index (χ1) is 5.16. The van der Waals surface area contributed by atoms with E-state index < -0.39 is 5.75 Å². The van der Waals surface area contributed by atoms with Crippen molar-refractivity contribution in [1.29, 1.82) is 0 Å². The standard InChI is InChI=1S/C7H7BrO3/c8-3-4-1-2-5(9)7(11)6(4)10/h1-2,9-11H,3H2. The molecule has 1 aromatic rings. The molecule has 0 radical (unpaired) electrons. The van der Waals surface area contributed by atoms with Gasteiger partial charge in [0.05, 0.1) is 0 Å². The average molecular weight is 219 g/mol. The van der Waals surface area contributed by atoms with Crippen LogP contribution in [-0.2, 0) is 5.33 Å². The van der Waals surface area contributed by atoms with E-state index in [2.05, 4.69) is 15.9 Å². The van der Waals surface area contributed by atoms with Crippen LogP contribution in [0.4, 0.5) is 0 Å². The lowest BCUT2D eigenvalue weighted by molar-refractivity contribution is 0.366. The molecule has 0 saturated heterocycles. The molecule has 0 spiro atoms. The molecule has 0 aliphatic rings. The van der Waals surface area contributed by atoms with Gasteiger partial charge in [0, 0.05) is 10.9 Å². The van der Waals surface area contributed by atoms with Crippen LogP contribution in [0.25, 0.3) is 0 Å². The Balaban J connectivity index is 3.25. The Hall–Kier alpha value is -0.900. The van der Waals surface area contributed by atoms with Crippen molar-refractivity contribution in [3.05, 3.63) is 17.7 Å². The normalized spacial score (nSPS) is 9.91. The fourth-order valence-corrected chi connectivity index (χ4v) is 1.17. The molecule has 0 heterocycles. The molecule has 0 amide bonds. The SMILES string of the molecule is Oc1ccc(CBr)c(O)c1O. The highest BCUT2D eigenvalue weighted by Gasteiger charge is 2.08. The van der Waals surface area contributed by atoms with E-state index in [4.69, 9.17) is 15.3 Å². The first-order valence-electron chi connectivity index (χ1n) is 2.95. The van der Waals surface area contributed by atoms with Crippen LogP contribution in [0.5, 0.6) is 17.2 Å². The number of halogens is 1. The highest BCUT2D eigenvalue weighted by molar-refractivity contribution is 9.08. The first-order valence-corrected chi connectivity index (χ1v) is 4.07. The highest BCUT2D eigenvalue weighted by atomic mass is 79.9. The maximum absolute atomic E-state index is 9.14. The monoisotopic (exact) mass is 218 g/mol. The smallest absolute Gasteiger partial charge is 0.200 e. The molecule has 3 nitrogen and oxygen atoms in total. The molecule has 0 aliphatic carbocycles. The zero-order valence-corrected chi connectivity index (χ0v) is 7.17. The van der Waals surface area contributed by atoms with Gasteiger partial charge in [-0.15, -0.1) is 0 Å². The molecule has 60 valence electrons. The Morgan fingerprint density at radius 2 is 1.73 bits per heavy atom. The predicted octanol–water partition coefficient (Wildman–Crippen LogP) is 1.70. The molecule has 0 fully saturated rings. The van der Waals surface area contributed by atoms with Crippen LogP contribution >= 0.6 is 15.9 Å². The molecule has 0 unspecified atom stereocenters. The summed E-state index contributed by atoms with van der Waals surface area (Å²) in [6, 6.07) is 2.85. The molecule has 0 atom stereocenters. The maximum Gasteiger partial charge on any atom is 0.200 e. The Morgan fingerprint density at radius 3 is 2.27 bits per heavy atom. The summed E-state index contributed by atoms with van der Waals surface area (Å²) in [5.41, 5.74) is 0.542. The fourth-order valence-electron chi connectivity index (χ4n) is 0.719. The van der Waals surface area contributed by atoms with Crippen LogP contribution in [0.3, 0.4) is 0 Å². The molecular weight excluding hydrogens is 212 g/mol. The zero-order valence-electron chi connectivity index (χ0n) is 5.58. The molecule has 0 saturated carbocycles. The van der Waals surface area contributed by atoms with Crippen LogP contribution < -0.4 is 0 Å². The minimum Gasteiger partial charge on any atom is -0.504 e. The van der Waals surface area contributed by atoms with E-state index in [1.165, 1.54) is 12.1 Å². The van der Waals surface area contributed by atoms with Crippen molar-refractivity contribution in [2.24, 2.45) is 0 Å². The van der Waals surface area contributed by atoms with E-state index in [9.17, 15) is 0 Å². The van der Waals surface area contributed by atoms with Gasteiger partial charge >= 0.3 is 0 Å². The highest BCUT2D eigenvalue weighted by Crippen LogP contribution is 2.37. The summed E-state index contributed by atoms with van der Waals surface area (Å²) >= 11 is 3.11. The van der Waals surface area contributed by atoms with E-state index in [1.54, 1.807) is 0 Å². The minimum absolute atomic E-state index is 0.276. The topological polar surface area (TPSA) is 60.7 Å². The third-order valence-electron chi connectivity index (χ3n) is 1.36. The van der Waals surface area contributed by atoms with Crippen molar-refractivity contribution < 1.29 is 15.3 Å². The van der Waals surface area contributed by atoms with Gasteiger partial charge in [-0.05, 0) is 6.07 Å². The van der Waals surface area contributed by atoms with Gasteiger partial charge in [0.25, 0.3) is 0 Å². The quantitative estimate of drug-likeness (QED) is 0.497. The number of rotatable bonds is 1. The van der Waals surface area contributed by atoms with Gasteiger partial charge in [-0.1, -0.05) is 22.0 Å². The minimum atomic E-state index is -0.470. The fraction of sp³-hybridized carbons (Fsp3) is 0.143. The van der Waals surface area contributed by atoms with Gasteiger partial charge in [-0.3, -0.25) is 0 Å². The summed E-state index contributed by atoms with van der Waals surface area (Å²) in [7, 11) is 0. The van der Waals surface area contributed by atoms with Crippen molar-refractivity contribution in [2.45, 2.75) is 5.33 Å². The second-order valence-corrected chi connectivity index (χ2v) is 2.64. The van der Waals surface area contributed by atoms with E-state index >= 15 is 0 Å². The first kappa shape index (κ1) is 8.20. The van der Waals surface area contributed by atoms with Gasteiger partial charge in [-0.2, -0.15) is 0 Å². The predicted molar refractivity (Wildman–Crippen MR) is 44.1 cm³/mol. The molecule has 0 bridgehead atoms. The van der Waals surface area contributed by atoms with Crippen molar-refractivity contribution >= 4 is 15.9 Å². The molecular formula is C7H7BrO3. The summed E-state index contributed by atoms with van der Waals surface area (Å²) in [4.78, 5) is 0. The molecule has 11 heavy (non-hydrogen) atoms. The van der Waals surface area contributed by atoms with E-state index in [0.29, 0.717) is 10.9 Å². The van der Waals surface area contributed by atoms with E-state index in [1.807, 2.05) is 0 Å². The largest absolute Gasteiger partial charge is 0.504 e. The van der Waals surface area contributed by atoms with Gasteiger partial charge in [0.15, 0.2) is 11.5 Å². The summed E-state index contributed by atoms with van der Waals surface area (Å²) in [5.74, 6) is -1.06. The number of phenolic OH excluding ortho intramolecular Hbond substituents is 3. The summed E-state index contributed by atoms with van der Waals surface area (Å²) in [6.45, 7) is 0. The Bertz CT molecular complexity index is 273. The van der Waals surface area contributed by atoms with Crippen molar-refractivity contribution in [3.8, 4) is 17.2 Å². The second-order valence-electron chi connectivity index (χ2n) is 2.07. The lowest BCUT2D eigenvalue weighted by Crippen LogP contribution is -1.79. The van der Waals surface area contributed by atoms with Crippen LogP contribution in [0.2, 0.25) is 0 Å². The van der Waals surface area contributed by atoms with Crippen LogP contribution in [0.1, 0.15) is 5.56 Å². The Kier molecular flexibility index (Phi) is 2.24. The number of aromatic hydroxyl groups is 3. The van der Waals surface area contributed by atoms with E-state index in [-0.39, 0.29) is 11.5 Å². The zero-order chi connectivity index (χ0) is 8.43. The van der Waals surface area contributed by atoms with Crippen molar-refractivity contribution in [2.75, 3.05) is 0 Å². The van der Waals surface area contributed by atoms with Crippen LogP contribution in [0.15, 0.2) is 12.1 Å². The third-order valence-corrected chi connectivity index (χ3v) is 1.96. The van der Waals surface area contributed by atoms with Gasteiger partial charge in [0.2, 0.25) is 5.75 Å². The molecule has 1 rings (SSSR count). The number of benzene rings is 1. The Labute approximate surface area is 72.0 Å². The van der Waals surface area contributed by atoms with Crippen LogP contribution in [-0.4, -0.2) is 15.3 Å². The summed E-state index contributed by atoms with van der Waals surface area (Å²) in [6.07, 6.45) is 0. The summed E-state index contributed by atoms with van der Waals surface area (Å²) < 4.78 is 0. The lowest BCUT2D eigenvalue weighted by atomic mass is 10.2. The van der Waals surface area contributed by atoms with Gasteiger partial charge in [-0.25, -0.2) is 0 Å². The molecule has 0 aromatic heterocycles. The van der Waals surface area contributed by atoms with Gasteiger partial charge in [0.1, 0.15) is 0 Å². The maximum atomic E-state index is 9.14. The molecule has 3 N–H and O–H groups in total. The van der Waals surface area contributed by atoms with Crippen molar-refractivity contribution in [3.63, 3.8) is 0 Å². The lowest BCUT2D eigenvalue weighted by Gasteiger charge is -2.03. The van der Waals surface area contributed by atoms with Crippen LogP contribution in [0, 0.1) is 0 Å². The van der Waals surface area contributed by atoms with Crippen molar-refractivity contribution in [1.82, 2.24) is 0 Å². The number of alkyl halides is 1. The Morgan fingerprint density at radius 1 is 1.09 bits per heavy atom. The van der Waals surface area contributed by atoms with Gasteiger partial charge < -0.3 is 15.3 Å². The second kappa shape index (κ2) is 3.00. The number of phenols is 3. The molecule has 4 heteroatoms. The average Bonchev–Trinajstić information content (AvgIpc) is 2.01. The third kappa shape index (κ3) is 1.40. The summed E-state index contributed by atoms with van der Waals surface area (Å²) in [5, 5.41) is 27.5. The van der Waals surface area contributed by atoms with E-state index in [0.717, 1.165) is 0 Å².